The normalized spacial score (nSPS) is 11.2. The molecule has 0 saturated heterocycles. The highest BCUT2D eigenvalue weighted by Gasteiger charge is 2.15. The Hall–Kier alpha value is -2.66. The minimum Gasteiger partial charge on any atom is -0.399 e. The number of thiazole rings is 1. The van der Waals surface area contributed by atoms with Crippen molar-refractivity contribution in [3.63, 3.8) is 0 Å². The molecule has 0 spiro atoms. The first-order valence-corrected chi connectivity index (χ1v) is 8.42. The molecular weight excluding hydrogens is 304 g/mol. The lowest BCUT2D eigenvalue weighted by Crippen LogP contribution is -1.97. The van der Waals surface area contributed by atoms with Gasteiger partial charge in [0.1, 0.15) is 5.69 Å². The van der Waals surface area contributed by atoms with Crippen LogP contribution in [-0.4, -0.2) is 14.8 Å². The SMILES string of the molecule is CCc1csc(-n2nc(-c3ccccc3)c3ccc(N)cc32)n1. The summed E-state index contributed by atoms with van der Waals surface area (Å²) in [6.07, 6.45) is 0.920. The number of nitrogen functional groups attached to an aromatic ring is 1. The van der Waals surface area contributed by atoms with Crippen molar-refractivity contribution in [1.29, 1.82) is 0 Å². The van der Waals surface area contributed by atoms with E-state index in [1.807, 2.05) is 41.1 Å². The zero-order valence-corrected chi connectivity index (χ0v) is 13.5. The van der Waals surface area contributed by atoms with Crippen molar-refractivity contribution in [1.82, 2.24) is 14.8 Å². The second-order valence-electron chi connectivity index (χ2n) is 5.38. The smallest absolute Gasteiger partial charge is 0.211 e. The summed E-state index contributed by atoms with van der Waals surface area (Å²) in [4.78, 5) is 4.66. The van der Waals surface area contributed by atoms with Gasteiger partial charge in [-0.15, -0.1) is 11.3 Å². The number of aryl methyl sites for hydroxylation is 1. The van der Waals surface area contributed by atoms with Crippen LogP contribution < -0.4 is 5.73 Å². The highest BCUT2D eigenvalue weighted by Crippen LogP contribution is 2.31. The van der Waals surface area contributed by atoms with E-state index < -0.39 is 0 Å². The largest absolute Gasteiger partial charge is 0.399 e. The molecule has 2 aromatic heterocycles. The number of rotatable bonds is 3. The van der Waals surface area contributed by atoms with E-state index in [4.69, 9.17) is 10.8 Å². The van der Waals surface area contributed by atoms with Gasteiger partial charge in [0, 0.05) is 22.0 Å². The van der Waals surface area contributed by atoms with Gasteiger partial charge in [0.05, 0.1) is 11.2 Å². The van der Waals surface area contributed by atoms with Crippen LogP contribution in [0.1, 0.15) is 12.6 Å². The van der Waals surface area contributed by atoms with Gasteiger partial charge in [-0.3, -0.25) is 0 Å². The Labute approximate surface area is 138 Å². The number of aromatic nitrogens is 3. The molecule has 0 aliphatic carbocycles. The summed E-state index contributed by atoms with van der Waals surface area (Å²) < 4.78 is 1.90. The molecule has 0 radical (unpaired) electrons. The van der Waals surface area contributed by atoms with Crippen LogP contribution in [0, 0.1) is 0 Å². The molecule has 0 amide bonds. The van der Waals surface area contributed by atoms with E-state index in [-0.39, 0.29) is 0 Å². The van der Waals surface area contributed by atoms with E-state index in [2.05, 4.69) is 29.4 Å². The molecule has 23 heavy (non-hydrogen) atoms. The van der Waals surface area contributed by atoms with Crippen LogP contribution in [-0.2, 0) is 6.42 Å². The van der Waals surface area contributed by atoms with Crippen molar-refractivity contribution >= 4 is 27.9 Å². The van der Waals surface area contributed by atoms with E-state index >= 15 is 0 Å². The molecule has 2 aromatic carbocycles. The minimum atomic E-state index is 0.727. The highest BCUT2D eigenvalue weighted by molar-refractivity contribution is 7.12. The fourth-order valence-corrected chi connectivity index (χ4v) is 3.51. The Kier molecular flexibility index (Phi) is 3.35. The third-order valence-corrected chi connectivity index (χ3v) is 4.70. The first kappa shape index (κ1) is 14.0. The molecule has 0 bridgehead atoms. The maximum absolute atomic E-state index is 5.99. The van der Waals surface area contributed by atoms with Crippen molar-refractivity contribution in [2.45, 2.75) is 13.3 Å². The van der Waals surface area contributed by atoms with Crippen LogP contribution in [0.3, 0.4) is 0 Å². The van der Waals surface area contributed by atoms with Crippen molar-refractivity contribution in [3.8, 4) is 16.4 Å². The number of nitrogens with two attached hydrogens (primary N) is 1. The van der Waals surface area contributed by atoms with Crippen LogP contribution in [0.5, 0.6) is 0 Å². The molecule has 0 aliphatic heterocycles. The van der Waals surface area contributed by atoms with Crippen LogP contribution in [0.2, 0.25) is 0 Å². The fraction of sp³-hybridized carbons (Fsp3) is 0.111. The molecule has 2 N–H and O–H groups in total. The first-order valence-electron chi connectivity index (χ1n) is 7.54. The number of anilines is 1. The number of nitrogens with zero attached hydrogens (tertiary/aromatic N) is 3. The summed E-state index contributed by atoms with van der Waals surface area (Å²) in [7, 11) is 0. The lowest BCUT2D eigenvalue weighted by molar-refractivity contribution is 0.889. The van der Waals surface area contributed by atoms with Crippen LogP contribution in [0.15, 0.2) is 53.9 Å². The van der Waals surface area contributed by atoms with Crippen LogP contribution in [0.25, 0.3) is 27.3 Å². The molecule has 4 nitrogen and oxygen atoms in total. The highest BCUT2D eigenvalue weighted by atomic mass is 32.1. The third-order valence-electron chi connectivity index (χ3n) is 3.84. The summed E-state index contributed by atoms with van der Waals surface area (Å²) in [6, 6.07) is 16.1. The maximum atomic E-state index is 5.99. The summed E-state index contributed by atoms with van der Waals surface area (Å²) >= 11 is 1.60. The van der Waals surface area contributed by atoms with Gasteiger partial charge in [0.2, 0.25) is 5.13 Å². The average Bonchev–Trinajstić information content (AvgIpc) is 3.19. The van der Waals surface area contributed by atoms with Gasteiger partial charge in [-0.2, -0.15) is 5.10 Å². The third kappa shape index (κ3) is 2.39. The minimum absolute atomic E-state index is 0.727. The quantitative estimate of drug-likeness (QED) is 0.573. The zero-order valence-electron chi connectivity index (χ0n) is 12.7. The fourth-order valence-electron chi connectivity index (χ4n) is 2.64. The van der Waals surface area contributed by atoms with Crippen molar-refractivity contribution < 1.29 is 0 Å². The van der Waals surface area contributed by atoms with Crippen molar-refractivity contribution in [3.05, 3.63) is 59.6 Å². The Morgan fingerprint density at radius 3 is 2.70 bits per heavy atom. The number of hydrogen-bond donors (Lipinski definition) is 1. The Bertz CT molecular complexity index is 969. The Morgan fingerprint density at radius 2 is 1.96 bits per heavy atom. The predicted molar refractivity (Wildman–Crippen MR) is 96.0 cm³/mol. The Morgan fingerprint density at radius 1 is 1.13 bits per heavy atom. The van der Waals surface area contributed by atoms with Gasteiger partial charge >= 0.3 is 0 Å². The molecule has 0 unspecified atom stereocenters. The van der Waals surface area contributed by atoms with Crippen LogP contribution in [0.4, 0.5) is 5.69 Å². The monoisotopic (exact) mass is 320 g/mol. The number of hydrogen-bond acceptors (Lipinski definition) is 4. The molecule has 4 rings (SSSR count). The molecule has 114 valence electrons. The van der Waals surface area contributed by atoms with Gasteiger partial charge in [-0.1, -0.05) is 37.3 Å². The first-order chi connectivity index (χ1) is 11.3. The van der Waals surface area contributed by atoms with Gasteiger partial charge in [0.25, 0.3) is 0 Å². The second kappa shape index (κ2) is 5.52. The van der Waals surface area contributed by atoms with E-state index in [1.54, 1.807) is 11.3 Å². The van der Waals surface area contributed by atoms with Gasteiger partial charge in [0.15, 0.2) is 0 Å². The standard InChI is InChI=1S/C18H16N4S/c1-2-14-11-23-18(20-14)22-16-10-13(19)8-9-15(16)17(21-22)12-6-4-3-5-7-12/h3-11H,2,19H2,1H3. The lowest BCUT2D eigenvalue weighted by atomic mass is 10.1. The number of benzene rings is 2. The number of fused-ring (bicyclic) bond motifs is 1. The van der Waals surface area contributed by atoms with Crippen molar-refractivity contribution in [2.75, 3.05) is 5.73 Å². The molecule has 0 atom stereocenters. The van der Waals surface area contributed by atoms with Crippen molar-refractivity contribution in [2.24, 2.45) is 0 Å². The van der Waals surface area contributed by atoms with Gasteiger partial charge in [-0.25, -0.2) is 9.67 Å². The van der Waals surface area contributed by atoms with Crippen LogP contribution >= 0.6 is 11.3 Å². The maximum Gasteiger partial charge on any atom is 0.211 e. The second-order valence-corrected chi connectivity index (χ2v) is 6.21. The Balaban J connectivity index is 1.99. The van der Waals surface area contributed by atoms with E-state index in [9.17, 15) is 0 Å². The summed E-state index contributed by atoms with van der Waals surface area (Å²) in [5.74, 6) is 0. The van der Waals surface area contributed by atoms with E-state index in [0.717, 1.165) is 45.1 Å². The molecule has 0 saturated carbocycles. The molecule has 0 fully saturated rings. The van der Waals surface area contributed by atoms with Gasteiger partial charge in [-0.05, 0) is 24.6 Å². The van der Waals surface area contributed by atoms with E-state index in [0.29, 0.717) is 0 Å². The molecule has 5 heteroatoms. The summed E-state index contributed by atoms with van der Waals surface area (Å²) in [5, 5.41) is 8.87. The summed E-state index contributed by atoms with van der Waals surface area (Å²) in [6.45, 7) is 2.10. The summed E-state index contributed by atoms with van der Waals surface area (Å²) in [5.41, 5.74) is 10.8. The molecule has 2 heterocycles. The zero-order chi connectivity index (χ0) is 15.8. The van der Waals surface area contributed by atoms with E-state index in [1.165, 1.54) is 0 Å². The molecule has 0 aliphatic rings. The predicted octanol–water partition coefficient (Wildman–Crippen LogP) is 4.29. The van der Waals surface area contributed by atoms with Gasteiger partial charge < -0.3 is 5.73 Å². The lowest BCUT2D eigenvalue weighted by Gasteiger charge is -1.99. The molecule has 4 aromatic rings. The topological polar surface area (TPSA) is 56.7 Å². The average molecular weight is 320 g/mol. The molecular formula is C18H16N4S.